The molecule has 34 heavy (non-hydrogen) atoms. The van der Waals surface area contributed by atoms with E-state index in [1.54, 1.807) is 17.9 Å². The van der Waals surface area contributed by atoms with Gasteiger partial charge < -0.3 is 9.42 Å². The van der Waals surface area contributed by atoms with Gasteiger partial charge in [-0.3, -0.25) is 10.1 Å². The highest BCUT2D eigenvalue weighted by atomic mass is 32.2. The SMILES string of the molecule is Cc1nc(C2(NCC(=O)N3CCN(S(=O)(=O)c4ccc5c(c4)CCCC5)CC3)CCCC2)no1. The summed E-state index contributed by atoms with van der Waals surface area (Å²) in [7, 11) is -3.56. The number of nitrogens with one attached hydrogen (secondary N) is 1. The second kappa shape index (κ2) is 9.39. The number of fused-ring (bicyclic) bond motifs is 1. The van der Waals surface area contributed by atoms with Crippen LogP contribution in [-0.2, 0) is 33.2 Å². The molecule has 1 amide bonds. The van der Waals surface area contributed by atoms with Crippen molar-refractivity contribution in [3.8, 4) is 0 Å². The number of carbonyl (C=O) groups is 1. The van der Waals surface area contributed by atoms with Gasteiger partial charge in [0.25, 0.3) is 0 Å². The van der Waals surface area contributed by atoms with Crippen LogP contribution in [-0.4, -0.2) is 66.4 Å². The van der Waals surface area contributed by atoms with Crippen molar-refractivity contribution in [2.24, 2.45) is 0 Å². The van der Waals surface area contributed by atoms with Gasteiger partial charge in [-0.05, 0) is 61.8 Å². The van der Waals surface area contributed by atoms with Gasteiger partial charge in [-0.2, -0.15) is 9.29 Å². The number of aromatic nitrogens is 2. The molecule has 5 rings (SSSR count). The summed E-state index contributed by atoms with van der Waals surface area (Å²) in [6.45, 7) is 3.33. The molecule has 2 aliphatic carbocycles. The van der Waals surface area contributed by atoms with Crippen molar-refractivity contribution in [2.75, 3.05) is 32.7 Å². The standard InChI is InChI=1S/C24H33N5O4S/c1-18-26-23(27-33-18)24(10-4-5-11-24)25-17-22(30)28-12-14-29(15-13-28)34(31,32)21-9-8-19-6-2-3-7-20(19)16-21/h8-9,16,25H,2-7,10-15,17H2,1H3. The fourth-order valence-electron chi connectivity index (χ4n) is 5.51. The maximum Gasteiger partial charge on any atom is 0.243 e. The first-order valence-corrected chi connectivity index (χ1v) is 13.8. The number of benzene rings is 1. The van der Waals surface area contributed by atoms with E-state index >= 15 is 0 Å². The Balaban J connectivity index is 1.19. The number of amides is 1. The Morgan fingerprint density at radius 2 is 1.76 bits per heavy atom. The average molecular weight is 488 g/mol. The van der Waals surface area contributed by atoms with E-state index in [1.807, 2.05) is 12.1 Å². The molecule has 2 fully saturated rings. The summed E-state index contributed by atoms with van der Waals surface area (Å²) in [6, 6.07) is 5.56. The molecular weight excluding hydrogens is 454 g/mol. The van der Waals surface area contributed by atoms with E-state index in [9.17, 15) is 13.2 Å². The minimum absolute atomic E-state index is 0.0303. The number of sulfonamides is 1. The fraction of sp³-hybridized carbons (Fsp3) is 0.625. The molecule has 184 valence electrons. The lowest BCUT2D eigenvalue weighted by atomic mass is 9.92. The van der Waals surface area contributed by atoms with Crippen molar-refractivity contribution >= 4 is 15.9 Å². The van der Waals surface area contributed by atoms with E-state index in [2.05, 4.69) is 15.5 Å². The average Bonchev–Trinajstić information content (AvgIpc) is 3.52. The lowest BCUT2D eigenvalue weighted by Crippen LogP contribution is -2.54. The maximum atomic E-state index is 13.2. The van der Waals surface area contributed by atoms with Crippen LogP contribution in [0.25, 0.3) is 0 Å². The first-order valence-electron chi connectivity index (χ1n) is 12.3. The van der Waals surface area contributed by atoms with Crippen molar-refractivity contribution in [3.63, 3.8) is 0 Å². The first-order chi connectivity index (χ1) is 16.4. The first kappa shape index (κ1) is 23.4. The van der Waals surface area contributed by atoms with Gasteiger partial charge in [0.05, 0.1) is 17.0 Å². The van der Waals surface area contributed by atoms with E-state index in [0.717, 1.165) is 50.5 Å². The third kappa shape index (κ3) is 4.50. The van der Waals surface area contributed by atoms with Crippen LogP contribution in [0.4, 0.5) is 0 Å². The normalized spacial score (nSPS) is 20.9. The molecule has 2 heterocycles. The molecule has 1 aromatic carbocycles. The van der Waals surface area contributed by atoms with Crippen LogP contribution in [0.15, 0.2) is 27.6 Å². The zero-order valence-corrected chi connectivity index (χ0v) is 20.6. The Morgan fingerprint density at radius 3 is 2.44 bits per heavy atom. The third-order valence-electron chi connectivity index (χ3n) is 7.54. The number of hydrogen-bond donors (Lipinski definition) is 1. The molecule has 1 saturated heterocycles. The van der Waals surface area contributed by atoms with Crippen LogP contribution in [0.3, 0.4) is 0 Å². The minimum Gasteiger partial charge on any atom is -0.340 e. The lowest BCUT2D eigenvalue weighted by molar-refractivity contribution is -0.131. The summed E-state index contributed by atoms with van der Waals surface area (Å²) in [5.41, 5.74) is 2.00. The summed E-state index contributed by atoms with van der Waals surface area (Å²) < 4.78 is 33.2. The molecule has 10 heteroatoms. The summed E-state index contributed by atoms with van der Waals surface area (Å²) in [5, 5.41) is 7.52. The number of aryl methyl sites for hydroxylation is 3. The molecule has 0 bridgehead atoms. The Hall–Kier alpha value is -2.30. The lowest BCUT2D eigenvalue weighted by Gasteiger charge is -2.35. The highest BCUT2D eigenvalue weighted by molar-refractivity contribution is 7.89. The van der Waals surface area contributed by atoms with Crippen molar-refractivity contribution in [2.45, 2.75) is 68.7 Å². The number of rotatable bonds is 6. The van der Waals surface area contributed by atoms with Gasteiger partial charge in [-0.25, -0.2) is 8.42 Å². The summed E-state index contributed by atoms with van der Waals surface area (Å²) in [6.07, 6.45) is 8.08. The number of piperazine rings is 1. The van der Waals surface area contributed by atoms with Crippen LogP contribution < -0.4 is 5.32 Å². The van der Waals surface area contributed by atoms with Crippen molar-refractivity contribution in [3.05, 3.63) is 41.0 Å². The highest BCUT2D eigenvalue weighted by Crippen LogP contribution is 2.37. The smallest absolute Gasteiger partial charge is 0.243 e. The summed E-state index contributed by atoms with van der Waals surface area (Å²) >= 11 is 0. The van der Waals surface area contributed by atoms with Crippen LogP contribution in [0.5, 0.6) is 0 Å². The van der Waals surface area contributed by atoms with E-state index in [1.165, 1.54) is 16.3 Å². The molecule has 1 aromatic heterocycles. The second-order valence-corrected chi connectivity index (χ2v) is 11.6. The van der Waals surface area contributed by atoms with Crippen molar-refractivity contribution < 1.29 is 17.7 Å². The maximum absolute atomic E-state index is 13.2. The Morgan fingerprint density at radius 1 is 1.06 bits per heavy atom. The number of carbonyl (C=O) groups excluding carboxylic acids is 1. The molecule has 3 aliphatic rings. The van der Waals surface area contributed by atoms with E-state index in [-0.39, 0.29) is 12.5 Å². The molecule has 0 atom stereocenters. The van der Waals surface area contributed by atoms with Gasteiger partial charge in [0.2, 0.25) is 21.8 Å². The quantitative estimate of drug-likeness (QED) is 0.665. The predicted octanol–water partition coefficient (Wildman–Crippen LogP) is 2.15. The highest BCUT2D eigenvalue weighted by Gasteiger charge is 2.40. The molecule has 0 unspecified atom stereocenters. The van der Waals surface area contributed by atoms with Gasteiger partial charge in [-0.1, -0.05) is 24.1 Å². The zero-order valence-electron chi connectivity index (χ0n) is 19.8. The van der Waals surface area contributed by atoms with Crippen LogP contribution >= 0.6 is 0 Å². The molecule has 1 saturated carbocycles. The monoisotopic (exact) mass is 487 g/mol. The molecule has 1 aliphatic heterocycles. The van der Waals surface area contributed by atoms with Gasteiger partial charge in [-0.15, -0.1) is 0 Å². The Bertz CT molecular complexity index is 1150. The Labute approximate surface area is 200 Å². The zero-order chi connectivity index (χ0) is 23.8. The minimum atomic E-state index is -3.56. The fourth-order valence-corrected chi connectivity index (χ4v) is 6.98. The molecule has 0 radical (unpaired) electrons. The molecule has 9 nitrogen and oxygen atoms in total. The third-order valence-corrected chi connectivity index (χ3v) is 9.43. The van der Waals surface area contributed by atoms with Gasteiger partial charge in [0, 0.05) is 33.1 Å². The van der Waals surface area contributed by atoms with Crippen LogP contribution in [0.1, 0.15) is 61.4 Å². The van der Waals surface area contributed by atoms with E-state index < -0.39 is 15.6 Å². The topological polar surface area (TPSA) is 109 Å². The summed E-state index contributed by atoms with van der Waals surface area (Å²) in [4.78, 5) is 19.5. The van der Waals surface area contributed by atoms with Crippen molar-refractivity contribution in [1.82, 2.24) is 24.7 Å². The molecule has 2 aromatic rings. The largest absolute Gasteiger partial charge is 0.340 e. The molecule has 0 spiro atoms. The van der Waals surface area contributed by atoms with Gasteiger partial charge >= 0.3 is 0 Å². The van der Waals surface area contributed by atoms with Gasteiger partial charge in [0.15, 0.2) is 5.82 Å². The molecule has 1 N–H and O–H groups in total. The van der Waals surface area contributed by atoms with Gasteiger partial charge in [0.1, 0.15) is 0 Å². The second-order valence-electron chi connectivity index (χ2n) is 9.70. The Kier molecular flexibility index (Phi) is 6.47. The molecular formula is C24H33N5O4S. The number of nitrogens with zero attached hydrogens (tertiary/aromatic N) is 4. The van der Waals surface area contributed by atoms with E-state index in [0.29, 0.717) is 42.8 Å². The number of hydrogen-bond acceptors (Lipinski definition) is 7. The van der Waals surface area contributed by atoms with Crippen molar-refractivity contribution in [1.29, 1.82) is 0 Å². The van der Waals surface area contributed by atoms with Crippen LogP contribution in [0, 0.1) is 6.92 Å². The van der Waals surface area contributed by atoms with Crippen LogP contribution in [0.2, 0.25) is 0 Å². The van der Waals surface area contributed by atoms with E-state index in [4.69, 9.17) is 4.52 Å². The predicted molar refractivity (Wildman–Crippen MR) is 126 cm³/mol. The summed E-state index contributed by atoms with van der Waals surface area (Å²) in [5.74, 6) is 1.11.